The first-order valence-corrected chi connectivity index (χ1v) is 3.69. The SMILES string of the molecule is CC(F)(C(F)(F)F)C(C)(F)C(F)(F)CF. The number of hydrogen-bond donors (Lipinski definition) is 0. The third-order valence-corrected chi connectivity index (χ3v) is 2.27. The minimum Gasteiger partial charge on any atom is -0.244 e. The average molecular weight is 244 g/mol. The van der Waals surface area contributed by atoms with Gasteiger partial charge in [-0.25, -0.2) is 22.0 Å². The third kappa shape index (κ3) is 2.03. The van der Waals surface area contributed by atoms with Gasteiger partial charge >= 0.3 is 12.1 Å². The molecule has 0 spiro atoms. The fourth-order valence-electron chi connectivity index (χ4n) is 0.735. The maximum atomic E-state index is 13.1. The zero-order valence-electron chi connectivity index (χ0n) is 7.73. The Morgan fingerprint density at radius 3 is 1.27 bits per heavy atom. The normalized spacial score (nSPS) is 22.0. The lowest BCUT2D eigenvalue weighted by atomic mass is 9.83. The van der Waals surface area contributed by atoms with E-state index in [1.54, 1.807) is 0 Å². The van der Waals surface area contributed by atoms with E-state index in [0.717, 1.165) is 0 Å². The van der Waals surface area contributed by atoms with E-state index in [2.05, 4.69) is 0 Å². The van der Waals surface area contributed by atoms with Crippen molar-refractivity contribution in [2.45, 2.75) is 37.3 Å². The average Bonchev–Trinajstić information content (AvgIpc) is 2.01. The van der Waals surface area contributed by atoms with Crippen molar-refractivity contribution < 1.29 is 35.1 Å². The van der Waals surface area contributed by atoms with Gasteiger partial charge in [0.1, 0.15) is 0 Å². The topological polar surface area (TPSA) is 0 Å². The van der Waals surface area contributed by atoms with Gasteiger partial charge in [-0.2, -0.15) is 13.2 Å². The third-order valence-electron chi connectivity index (χ3n) is 2.27. The summed E-state index contributed by atoms with van der Waals surface area (Å²) in [6, 6.07) is 0. The first-order chi connectivity index (χ1) is 6.31. The highest BCUT2D eigenvalue weighted by molar-refractivity contribution is 5.07. The molecule has 0 N–H and O–H groups in total. The summed E-state index contributed by atoms with van der Waals surface area (Å²) >= 11 is 0. The highest BCUT2D eigenvalue weighted by Crippen LogP contribution is 2.50. The molecule has 0 aromatic heterocycles. The fourth-order valence-corrected chi connectivity index (χ4v) is 0.735. The van der Waals surface area contributed by atoms with Crippen LogP contribution >= 0.6 is 0 Å². The number of rotatable bonds is 3. The van der Waals surface area contributed by atoms with Gasteiger partial charge in [-0.05, 0) is 13.8 Å². The molecule has 15 heavy (non-hydrogen) atoms. The smallest absolute Gasteiger partial charge is 0.244 e. The van der Waals surface area contributed by atoms with Crippen molar-refractivity contribution in [1.82, 2.24) is 0 Å². The molecule has 2 unspecified atom stereocenters. The molecule has 0 aromatic carbocycles. The Kier molecular flexibility index (Phi) is 3.35. The molecular formula is C7H8F8. The Hall–Kier alpha value is -0.560. The van der Waals surface area contributed by atoms with Gasteiger partial charge in [-0.3, -0.25) is 0 Å². The van der Waals surface area contributed by atoms with Crippen molar-refractivity contribution in [1.29, 1.82) is 0 Å². The molecule has 0 aliphatic heterocycles. The van der Waals surface area contributed by atoms with Crippen LogP contribution in [-0.2, 0) is 0 Å². The molecule has 0 rings (SSSR count). The van der Waals surface area contributed by atoms with Crippen LogP contribution in [0.3, 0.4) is 0 Å². The van der Waals surface area contributed by atoms with E-state index in [9.17, 15) is 35.1 Å². The molecule has 0 aliphatic rings. The Balaban J connectivity index is 5.38. The lowest BCUT2D eigenvalue weighted by Gasteiger charge is -2.38. The van der Waals surface area contributed by atoms with E-state index in [1.165, 1.54) is 0 Å². The lowest BCUT2D eigenvalue weighted by molar-refractivity contribution is -0.304. The molecule has 0 aliphatic carbocycles. The summed E-state index contributed by atoms with van der Waals surface area (Å²) in [6.07, 6.45) is -5.85. The number of hydrogen-bond acceptors (Lipinski definition) is 0. The van der Waals surface area contributed by atoms with Gasteiger partial charge in [0.25, 0.3) is 0 Å². The van der Waals surface area contributed by atoms with Crippen molar-refractivity contribution in [2.24, 2.45) is 0 Å². The van der Waals surface area contributed by atoms with Gasteiger partial charge in [-0.15, -0.1) is 0 Å². The van der Waals surface area contributed by atoms with Gasteiger partial charge in [0.2, 0.25) is 11.3 Å². The van der Waals surface area contributed by atoms with Crippen LogP contribution in [0.25, 0.3) is 0 Å². The minimum absolute atomic E-state index is 0.319. The first kappa shape index (κ1) is 14.4. The molecular weight excluding hydrogens is 236 g/mol. The van der Waals surface area contributed by atoms with Crippen LogP contribution in [0.1, 0.15) is 13.8 Å². The van der Waals surface area contributed by atoms with Crippen LogP contribution in [-0.4, -0.2) is 30.1 Å². The molecule has 92 valence electrons. The van der Waals surface area contributed by atoms with Gasteiger partial charge in [-0.1, -0.05) is 0 Å². The fraction of sp³-hybridized carbons (Fsp3) is 1.00. The van der Waals surface area contributed by atoms with Crippen LogP contribution < -0.4 is 0 Å². The highest BCUT2D eigenvalue weighted by Gasteiger charge is 2.73. The number of halogens is 8. The van der Waals surface area contributed by atoms with Crippen LogP contribution in [0.2, 0.25) is 0 Å². The monoisotopic (exact) mass is 244 g/mol. The van der Waals surface area contributed by atoms with E-state index in [4.69, 9.17) is 0 Å². The molecule has 0 nitrogen and oxygen atoms in total. The predicted octanol–water partition coefficient (Wildman–Crippen LogP) is 3.61. The minimum atomic E-state index is -5.85. The molecule has 0 bridgehead atoms. The van der Waals surface area contributed by atoms with E-state index >= 15 is 0 Å². The number of alkyl halides is 8. The summed E-state index contributed by atoms with van der Waals surface area (Å²) in [5, 5.41) is 0. The summed E-state index contributed by atoms with van der Waals surface area (Å²) < 4.78 is 98.3. The van der Waals surface area contributed by atoms with Crippen molar-refractivity contribution in [2.75, 3.05) is 6.67 Å². The lowest BCUT2D eigenvalue weighted by Crippen LogP contribution is -2.63. The Labute approximate surface area is 80.3 Å². The van der Waals surface area contributed by atoms with E-state index in [1.807, 2.05) is 0 Å². The van der Waals surface area contributed by atoms with E-state index in [0.29, 0.717) is 0 Å². The van der Waals surface area contributed by atoms with Crippen LogP contribution in [0, 0.1) is 0 Å². The van der Waals surface area contributed by atoms with Gasteiger partial charge in [0.05, 0.1) is 0 Å². The first-order valence-electron chi connectivity index (χ1n) is 3.69. The maximum Gasteiger partial charge on any atom is 0.425 e. The second-order valence-electron chi connectivity index (χ2n) is 3.34. The van der Waals surface area contributed by atoms with Gasteiger partial charge in [0.15, 0.2) is 6.67 Å². The van der Waals surface area contributed by atoms with Gasteiger partial charge in [0, 0.05) is 0 Å². The second kappa shape index (κ2) is 3.48. The summed E-state index contributed by atoms with van der Waals surface area (Å²) in [4.78, 5) is 0. The summed E-state index contributed by atoms with van der Waals surface area (Å²) in [7, 11) is 0. The molecule has 0 saturated carbocycles. The zero-order valence-corrected chi connectivity index (χ0v) is 7.73. The Morgan fingerprint density at radius 1 is 0.733 bits per heavy atom. The zero-order chi connectivity index (χ0) is 12.7. The van der Waals surface area contributed by atoms with Crippen LogP contribution in [0.5, 0.6) is 0 Å². The molecule has 0 fully saturated rings. The maximum absolute atomic E-state index is 13.1. The van der Waals surface area contributed by atoms with Crippen LogP contribution in [0.15, 0.2) is 0 Å². The molecule has 0 radical (unpaired) electrons. The van der Waals surface area contributed by atoms with E-state index in [-0.39, 0.29) is 6.92 Å². The highest BCUT2D eigenvalue weighted by atomic mass is 19.4. The molecule has 0 amide bonds. The molecule has 0 heterocycles. The molecule has 0 aromatic rings. The second-order valence-corrected chi connectivity index (χ2v) is 3.34. The summed E-state index contributed by atoms with van der Waals surface area (Å²) in [5.74, 6) is -5.05. The summed E-state index contributed by atoms with van der Waals surface area (Å²) in [6.45, 7) is -3.42. The quantitative estimate of drug-likeness (QED) is 0.665. The van der Waals surface area contributed by atoms with Crippen molar-refractivity contribution >= 4 is 0 Å². The predicted molar refractivity (Wildman–Crippen MR) is 36.0 cm³/mol. The van der Waals surface area contributed by atoms with Crippen LogP contribution in [0.4, 0.5) is 35.1 Å². The summed E-state index contributed by atoms with van der Waals surface area (Å²) in [5.41, 5.74) is -9.51. The Bertz CT molecular complexity index is 226. The standard InChI is InChI=1S/C7H8F8/c1-4(9,6(11,12)3-8)5(2,10)7(13,14)15/h3H2,1-2H3. The molecule has 0 saturated heterocycles. The van der Waals surface area contributed by atoms with Crippen molar-refractivity contribution in [3.05, 3.63) is 0 Å². The molecule has 2 atom stereocenters. The van der Waals surface area contributed by atoms with Crippen molar-refractivity contribution in [3.63, 3.8) is 0 Å². The Morgan fingerprint density at radius 2 is 1.07 bits per heavy atom. The van der Waals surface area contributed by atoms with E-state index < -0.39 is 37.0 Å². The largest absolute Gasteiger partial charge is 0.425 e. The van der Waals surface area contributed by atoms with Crippen molar-refractivity contribution in [3.8, 4) is 0 Å². The van der Waals surface area contributed by atoms with Gasteiger partial charge < -0.3 is 0 Å². The molecule has 8 heteroatoms.